The molecule has 2 atom stereocenters. The van der Waals surface area contributed by atoms with E-state index in [0.29, 0.717) is 11.8 Å². The fraction of sp³-hybridized carbons (Fsp3) is 0.417. The molecule has 0 spiro atoms. The van der Waals surface area contributed by atoms with Crippen LogP contribution in [-0.2, 0) is 12.8 Å². The van der Waals surface area contributed by atoms with E-state index in [9.17, 15) is 0 Å². The van der Waals surface area contributed by atoms with Gasteiger partial charge in [-0.05, 0) is 120 Å². The summed E-state index contributed by atoms with van der Waals surface area (Å²) < 4.78 is 2.51. The normalized spacial score (nSPS) is 24.2. The summed E-state index contributed by atoms with van der Waals surface area (Å²) in [5.74, 6) is 1.17. The second kappa shape index (κ2) is 6.34. The summed E-state index contributed by atoms with van der Waals surface area (Å²) in [6.45, 7) is 13.9. The van der Waals surface area contributed by atoms with E-state index < -0.39 is 0 Å². The van der Waals surface area contributed by atoms with Crippen LogP contribution in [0.5, 0.6) is 0 Å². The van der Waals surface area contributed by atoms with E-state index in [2.05, 4.69) is 85.5 Å². The number of aryl methyl sites for hydroxylation is 2. The van der Waals surface area contributed by atoms with Gasteiger partial charge in [-0.1, -0.05) is 45.7 Å². The van der Waals surface area contributed by atoms with Crippen molar-refractivity contribution in [3.05, 3.63) is 65.6 Å². The Hall–Kier alpha value is -0.860. The summed E-state index contributed by atoms with van der Waals surface area (Å²) in [5, 5.41) is 0. The lowest BCUT2D eigenvalue weighted by Crippen LogP contribution is -2.02. The quantitative estimate of drug-likeness (QED) is 0.367. The molecule has 2 aliphatic rings. The van der Waals surface area contributed by atoms with Gasteiger partial charge in [-0.3, -0.25) is 0 Å². The van der Waals surface area contributed by atoms with Gasteiger partial charge in [-0.2, -0.15) is 0 Å². The smallest absolute Gasteiger partial charge is 0.0210 e. The molecule has 0 nitrogen and oxygen atoms in total. The molecular weight excluding hydrogens is 448 g/mol. The predicted octanol–water partition coefficient (Wildman–Crippen LogP) is 7.74. The molecule has 0 radical (unpaired) electrons. The van der Waals surface area contributed by atoms with Gasteiger partial charge >= 0.3 is 0 Å². The van der Waals surface area contributed by atoms with Crippen LogP contribution in [0.3, 0.4) is 0 Å². The van der Waals surface area contributed by atoms with E-state index in [-0.39, 0.29) is 0 Å². The lowest BCUT2D eigenvalue weighted by molar-refractivity contribution is 0.751. The summed E-state index contributed by atoms with van der Waals surface area (Å²) in [4.78, 5) is 0. The van der Waals surface area contributed by atoms with Crippen molar-refractivity contribution in [2.24, 2.45) is 11.8 Å². The first-order valence-corrected chi connectivity index (χ1v) is 11.1. The minimum atomic E-state index is 0.587. The van der Waals surface area contributed by atoms with Crippen LogP contribution in [0.15, 0.2) is 21.1 Å². The average Bonchev–Trinajstić information content (AvgIpc) is 3.08. The highest BCUT2D eigenvalue weighted by Crippen LogP contribution is 2.52. The molecule has 0 fully saturated rings. The molecule has 0 aromatic heterocycles. The number of benzene rings is 2. The number of halogens is 2. The van der Waals surface area contributed by atoms with Crippen molar-refractivity contribution in [2.75, 3.05) is 0 Å². The Morgan fingerprint density at radius 3 is 1.38 bits per heavy atom. The zero-order chi connectivity index (χ0) is 18.9. The number of fused-ring (bicyclic) bond motifs is 2. The van der Waals surface area contributed by atoms with Gasteiger partial charge in [0.1, 0.15) is 0 Å². The van der Waals surface area contributed by atoms with Gasteiger partial charge in [0.15, 0.2) is 0 Å². The predicted molar refractivity (Wildman–Crippen MR) is 120 cm³/mol. The van der Waals surface area contributed by atoms with Gasteiger partial charge in [0, 0.05) is 8.95 Å². The summed E-state index contributed by atoms with van der Waals surface area (Å²) >= 11 is 7.54. The van der Waals surface area contributed by atoms with E-state index in [1.807, 2.05) is 0 Å². The fourth-order valence-corrected chi connectivity index (χ4v) is 6.42. The van der Waals surface area contributed by atoms with E-state index in [1.165, 1.54) is 42.3 Å². The zero-order valence-electron chi connectivity index (χ0n) is 16.5. The first-order chi connectivity index (χ1) is 12.2. The first kappa shape index (κ1) is 18.5. The highest BCUT2D eigenvalue weighted by Gasteiger charge is 2.36. The molecule has 0 bridgehead atoms. The lowest BCUT2D eigenvalue weighted by atomic mass is 9.85. The molecule has 0 amide bonds. The van der Waals surface area contributed by atoms with E-state index >= 15 is 0 Å². The molecule has 2 heteroatoms. The largest absolute Gasteiger partial charge is 0.0581 e. The summed E-state index contributed by atoms with van der Waals surface area (Å²) in [7, 11) is 0. The summed E-state index contributed by atoms with van der Waals surface area (Å²) in [6, 6.07) is 4.62. The third-order valence-electron chi connectivity index (χ3n) is 6.54. The van der Waals surface area contributed by atoms with Crippen molar-refractivity contribution in [1.29, 1.82) is 0 Å². The van der Waals surface area contributed by atoms with Crippen LogP contribution >= 0.6 is 31.9 Å². The van der Waals surface area contributed by atoms with Gasteiger partial charge in [-0.25, -0.2) is 0 Å². The highest BCUT2D eigenvalue weighted by atomic mass is 79.9. The highest BCUT2D eigenvalue weighted by molar-refractivity contribution is 9.10. The van der Waals surface area contributed by atoms with Gasteiger partial charge < -0.3 is 0 Å². The average molecular weight is 474 g/mol. The van der Waals surface area contributed by atoms with Crippen LogP contribution in [0.25, 0.3) is 11.1 Å². The molecule has 2 aromatic rings. The minimum Gasteiger partial charge on any atom is -0.0581 e. The monoisotopic (exact) mass is 472 g/mol. The van der Waals surface area contributed by atoms with Crippen molar-refractivity contribution >= 4 is 43.0 Å². The third-order valence-corrected chi connectivity index (χ3v) is 8.18. The number of hydrogen-bond acceptors (Lipinski definition) is 0. The Kier molecular flexibility index (Phi) is 4.51. The molecule has 0 unspecified atom stereocenters. The number of hydrogen-bond donors (Lipinski definition) is 0. The maximum atomic E-state index is 3.77. The molecule has 4 rings (SSSR count). The van der Waals surface area contributed by atoms with Crippen molar-refractivity contribution in [1.82, 2.24) is 0 Å². The van der Waals surface area contributed by atoms with Crippen molar-refractivity contribution in [3.63, 3.8) is 0 Å². The van der Waals surface area contributed by atoms with Crippen LogP contribution in [-0.4, -0.2) is 0 Å². The lowest BCUT2D eigenvalue weighted by Gasteiger charge is -2.19. The SMILES string of the molecule is Cc1cc(Br)c(C)c2c1/C(=C1\c3c(C)cc(Br)c(C)c3C[C@H]1C)[C@H](C)C2. The third kappa shape index (κ3) is 2.52. The van der Waals surface area contributed by atoms with Crippen LogP contribution in [0.2, 0.25) is 0 Å². The molecule has 0 saturated carbocycles. The Morgan fingerprint density at radius 1 is 0.692 bits per heavy atom. The minimum absolute atomic E-state index is 0.587. The number of rotatable bonds is 0. The van der Waals surface area contributed by atoms with Crippen molar-refractivity contribution in [2.45, 2.75) is 54.4 Å². The molecule has 26 heavy (non-hydrogen) atoms. The van der Waals surface area contributed by atoms with Crippen LogP contribution in [0, 0.1) is 39.5 Å². The molecule has 0 saturated heterocycles. The summed E-state index contributed by atoms with van der Waals surface area (Å²) in [5.41, 5.74) is 15.1. The Labute approximate surface area is 174 Å². The molecule has 136 valence electrons. The zero-order valence-corrected chi connectivity index (χ0v) is 19.7. The van der Waals surface area contributed by atoms with Gasteiger partial charge in [0.25, 0.3) is 0 Å². The maximum Gasteiger partial charge on any atom is 0.0210 e. The summed E-state index contributed by atoms with van der Waals surface area (Å²) in [6.07, 6.45) is 2.33. The Morgan fingerprint density at radius 2 is 1.04 bits per heavy atom. The topological polar surface area (TPSA) is 0 Å². The molecule has 2 aromatic carbocycles. The van der Waals surface area contributed by atoms with Crippen molar-refractivity contribution in [3.8, 4) is 0 Å². The molecule has 0 N–H and O–H groups in total. The number of allylic oxidation sites excluding steroid dienone is 2. The van der Waals surface area contributed by atoms with E-state index in [0.717, 1.165) is 12.8 Å². The Bertz CT molecular complexity index is 899. The van der Waals surface area contributed by atoms with Crippen LogP contribution < -0.4 is 0 Å². The first-order valence-electron chi connectivity index (χ1n) is 9.54. The maximum absolute atomic E-state index is 3.77. The van der Waals surface area contributed by atoms with Crippen LogP contribution in [0.4, 0.5) is 0 Å². The van der Waals surface area contributed by atoms with Crippen molar-refractivity contribution < 1.29 is 0 Å². The fourth-order valence-electron chi connectivity index (χ4n) is 5.25. The molecular formula is C24H26Br2. The van der Waals surface area contributed by atoms with Crippen LogP contribution in [0.1, 0.15) is 58.4 Å². The van der Waals surface area contributed by atoms with E-state index in [4.69, 9.17) is 0 Å². The second-order valence-electron chi connectivity index (χ2n) is 8.35. The van der Waals surface area contributed by atoms with E-state index in [1.54, 1.807) is 22.3 Å². The second-order valence-corrected chi connectivity index (χ2v) is 10.1. The van der Waals surface area contributed by atoms with Gasteiger partial charge in [0.05, 0.1) is 0 Å². The van der Waals surface area contributed by atoms with Gasteiger partial charge in [-0.15, -0.1) is 0 Å². The molecule has 2 aliphatic carbocycles. The molecule has 0 heterocycles. The Balaban J connectivity index is 2.08. The standard InChI is InChI=1S/C24H26Br2/c1-11-7-17-15(5)19(25)9-13(3)21(17)23(11)24-12(2)8-18-16(6)20(26)10-14(4)22(18)24/h9-12H,7-8H2,1-6H3/b24-23-/t11-,12-/m1/s1. The molecule has 0 aliphatic heterocycles. The van der Waals surface area contributed by atoms with Gasteiger partial charge in [0.2, 0.25) is 0 Å².